The molecule has 39 heavy (non-hydrogen) atoms. The van der Waals surface area contributed by atoms with Gasteiger partial charge in [-0.05, 0) is 68.9 Å². The Labute approximate surface area is 233 Å². The van der Waals surface area contributed by atoms with E-state index >= 15 is 0 Å². The molecule has 12 heteroatoms. The largest absolute Gasteiger partial charge is 0.481 e. The zero-order valence-corrected chi connectivity index (χ0v) is 22.5. The van der Waals surface area contributed by atoms with Crippen LogP contribution in [0.15, 0.2) is 24.4 Å². The Bertz CT molecular complexity index is 1270. The lowest BCUT2D eigenvalue weighted by Gasteiger charge is -2.57. The third-order valence-electron chi connectivity index (χ3n) is 8.69. The van der Waals surface area contributed by atoms with E-state index in [2.05, 4.69) is 5.10 Å². The van der Waals surface area contributed by atoms with E-state index in [1.807, 2.05) is 0 Å². The number of nitrogens with zero attached hydrogens (tertiary/aromatic N) is 3. The molecule has 3 aliphatic rings. The highest BCUT2D eigenvalue weighted by Crippen LogP contribution is 2.57. The normalized spacial score (nSPS) is 22.7. The predicted molar refractivity (Wildman–Crippen MR) is 137 cm³/mol. The van der Waals surface area contributed by atoms with Crippen LogP contribution in [0.1, 0.15) is 90.2 Å². The maximum Gasteiger partial charge on any atom is 0.433 e. The molecular weight excluding hydrogens is 558 g/mol. The molecule has 5 rings (SSSR count). The fourth-order valence-electron chi connectivity index (χ4n) is 6.41. The minimum absolute atomic E-state index is 0.0262. The fourth-order valence-corrected chi connectivity index (χ4v) is 7.02. The average Bonchev–Trinajstić information content (AvgIpc) is 3.27. The zero-order chi connectivity index (χ0) is 28.1. The van der Waals surface area contributed by atoms with Gasteiger partial charge in [-0.25, -0.2) is 0 Å². The lowest BCUT2D eigenvalue weighted by Crippen LogP contribution is -2.56. The van der Waals surface area contributed by atoms with E-state index in [1.54, 1.807) is 6.07 Å². The topological polar surface area (TPSA) is 92.5 Å². The van der Waals surface area contributed by atoms with Gasteiger partial charge >= 0.3 is 12.1 Å². The molecule has 0 bridgehead atoms. The minimum Gasteiger partial charge on any atom is -0.481 e. The number of rotatable bonds is 7. The van der Waals surface area contributed by atoms with Crippen LogP contribution < -0.4 is 0 Å². The van der Waals surface area contributed by atoms with Crippen LogP contribution in [0.3, 0.4) is 0 Å². The highest BCUT2D eigenvalue weighted by atomic mass is 35.5. The van der Waals surface area contributed by atoms with Gasteiger partial charge in [-0.2, -0.15) is 18.3 Å². The number of halogens is 5. The second-order valence-corrected chi connectivity index (χ2v) is 11.9. The number of carbonyl (C=O) groups excluding carboxylic acids is 2. The van der Waals surface area contributed by atoms with Crippen molar-refractivity contribution in [2.24, 2.45) is 11.3 Å². The van der Waals surface area contributed by atoms with Crippen molar-refractivity contribution in [2.45, 2.75) is 76.0 Å². The number of amides is 1. The Morgan fingerprint density at radius 2 is 1.69 bits per heavy atom. The number of aliphatic carboxylic acids is 1. The monoisotopic (exact) mass is 585 g/mol. The zero-order valence-electron chi connectivity index (χ0n) is 21.0. The first kappa shape index (κ1) is 28.0. The third kappa shape index (κ3) is 5.29. The standard InChI is InChI=1S/C27H28Cl2F3N3O4/c28-19-3-1-4-20(29)22(19)21(36)14-34(17-11-26(12-17)9-2-10-26)24(37)18-13-33-35(23(18)27(30,31)32)16-7-5-15(6-8-16)25(38)39/h1,3-4,13,15-17H,2,5-12,14H2,(H,38,39). The van der Waals surface area contributed by atoms with Gasteiger partial charge in [-0.3, -0.25) is 19.1 Å². The average molecular weight is 586 g/mol. The number of hydrogen-bond acceptors (Lipinski definition) is 4. The molecule has 2 aromatic rings. The van der Waals surface area contributed by atoms with Gasteiger partial charge < -0.3 is 10.0 Å². The molecule has 3 aliphatic carbocycles. The van der Waals surface area contributed by atoms with Crippen molar-refractivity contribution in [3.8, 4) is 0 Å². The van der Waals surface area contributed by atoms with Gasteiger partial charge in [0, 0.05) is 6.04 Å². The highest BCUT2D eigenvalue weighted by Gasteiger charge is 2.52. The quantitative estimate of drug-likeness (QED) is 0.366. The van der Waals surface area contributed by atoms with Crippen LogP contribution in [-0.2, 0) is 11.0 Å². The first-order chi connectivity index (χ1) is 18.4. The number of ketones is 1. The summed E-state index contributed by atoms with van der Waals surface area (Å²) >= 11 is 12.4. The summed E-state index contributed by atoms with van der Waals surface area (Å²) < 4.78 is 44.1. The molecule has 1 aromatic carbocycles. The molecule has 3 fully saturated rings. The molecule has 0 radical (unpaired) electrons. The van der Waals surface area contributed by atoms with E-state index in [9.17, 15) is 32.7 Å². The Balaban J connectivity index is 1.45. The summed E-state index contributed by atoms with van der Waals surface area (Å²) in [7, 11) is 0. The number of alkyl halides is 3. The van der Waals surface area contributed by atoms with Crippen molar-refractivity contribution in [1.29, 1.82) is 0 Å². The SMILES string of the molecule is O=C(CN(C(=O)c1cnn(C2CCC(C(=O)O)CC2)c1C(F)(F)F)C1CC2(CCC2)C1)c1c(Cl)cccc1Cl. The Kier molecular flexibility index (Phi) is 7.47. The van der Waals surface area contributed by atoms with Gasteiger partial charge in [0.1, 0.15) is 0 Å². The molecule has 0 unspecified atom stereocenters. The molecule has 1 aromatic heterocycles. The van der Waals surface area contributed by atoms with E-state index < -0.39 is 59.6 Å². The summed E-state index contributed by atoms with van der Waals surface area (Å²) in [5.41, 5.74) is -1.67. The number of carbonyl (C=O) groups is 3. The van der Waals surface area contributed by atoms with Gasteiger partial charge in [0.15, 0.2) is 11.5 Å². The number of Topliss-reactive ketones (excluding diaryl/α,β-unsaturated/α-hetero) is 1. The third-order valence-corrected chi connectivity index (χ3v) is 9.32. The van der Waals surface area contributed by atoms with Gasteiger partial charge in [0.2, 0.25) is 0 Å². The predicted octanol–water partition coefficient (Wildman–Crippen LogP) is 6.68. The summed E-state index contributed by atoms with van der Waals surface area (Å²) in [6, 6.07) is 3.48. The number of carboxylic acids is 1. The Morgan fingerprint density at radius 3 is 2.21 bits per heavy atom. The van der Waals surface area contributed by atoms with Crippen LogP contribution in [0, 0.1) is 11.3 Å². The lowest BCUT2D eigenvalue weighted by atomic mass is 9.53. The molecule has 210 valence electrons. The van der Waals surface area contributed by atoms with Gasteiger partial charge in [0.25, 0.3) is 5.91 Å². The Morgan fingerprint density at radius 1 is 1.08 bits per heavy atom. The summed E-state index contributed by atoms with van der Waals surface area (Å²) in [5.74, 6) is -3.04. The number of aromatic nitrogens is 2. The molecule has 0 aliphatic heterocycles. The molecule has 3 saturated carbocycles. The van der Waals surface area contributed by atoms with Crippen LogP contribution in [-0.4, -0.2) is 50.0 Å². The molecule has 1 heterocycles. The molecule has 7 nitrogen and oxygen atoms in total. The molecule has 1 amide bonds. The first-order valence-corrected chi connectivity index (χ1v) is 13.8. The van der Waals surface area contributed by atoms with E-state index in [4.69, 9.17) is 23.2 Å². The fraction of sp³-hybridized carbons (Fsp3) is 0.556. The highest BCUT2D eigenvalue weighted by molar-refractivity contribution is 6.40. The van der Waals surface area contributed by atoms with Crippen LogP contribution in [0.25, 0.3) is 0 Å². The van der Waals surface area contributed by atoms with Crippen LogP contribution in [0.4, 0.5) is 13.2 Å². The van der Waals surface area contributed by atoms with Crippen LogP contribution >= 0.6 is 23.2 Å². The summed E-state index contributed by atoms with van der Waals surface area (Å²) in [6.07, 6.45) is 1.21. The smallest absolute Gasteiger partial charge is 0.433 e. The van der Waals surface area contributed by atoms with E-state index in [0.717, 1.165) is 30.1 Å². The maximum absolute atomic E-state index is 14.4. The molecule has 0 saturated heterocycles. The van der Waals surface area contributed by atoms with E-state index in [-0.39, 0.29) is 46.7 Å². The van der Waals surface area contributed by atoms with Crippen molar-refractivity contribution in [2.75, 3.05) is 6.54 Å². The molecule has 1 N–H and O–H groups in total. The van der Waals surface area contributed by atoms with Crippen LogP contribution in [0.5, 0.6) is 0 Å². The first-order valence-electron chi connectivity index (χ1n) is 13.1. The van der Waals surface area contributed by atoms with Crippen molar-refractivity contribution in [3.63, 3.8) is 0 Å². The molecule has 0 atom stereocenters. The Hall–Kier alpha value is -2.59. The van der Waals surface area contributed by atoms with Crippen LogP contribution in [0.2, 0.25) is 10.0 Å². The second kappa shape index (κ2) is 10.4. The number of hydrogen-bond donors (Lipinski definition) is 1. The molecular formula is C27H28Cl2F3N3O4. The lowest BCUT2D eigenvalue weighted by molar-refractivity contribution is -0.147. The summed E-state index contributed by atoms with van der Waals surface area (Å²) in [6.45, 7) is -0.463. The number of carboxylic acid groups (broad SMARTS) is 1. The number of benzene rings is 1. The van der Waals surface area contributed by atoms with Crippen molar-refractivity contribution in [1.82, 2.24) is 14.7 Å². The van der Waals surface area contributed by atoms with Crippen molar-refractivity contribution in [3.05, 3.63) is 51.3 Å². The second-order valence-electron chi connectivity index (χ2n) is 11.1. The minimum atomic E-state index is -4.89. The van der Waals surface area contributed by atoms with Gasteiger partial charge in [-0.15, -0.1) is 0 Å². The van der Waals surface area contributed by atoms with E-state index in [0.29, 0.717) is 12.8 Å². The van der Waals surface area contributed by atoms with E-state index in [1.165, 1.54) is 17.0 Å². The van der Waals surface area contributed by atoms with Crippen molar-refractivity contribution >= 4 is 40.9 Å². The van der Waals surface area contributed by atoms with Crippen molar-refractivity contribution < 1.29 is 32.7 Å². The van der Waals surface area contributed by atoms with Gasteiger partial charge in [-0.1, -0.05) is 35.7 Å². The summed E-state index contributed by atoms with van der Waals surface area (Å²) in [4.78, 5) is 39.6. The summed E-state index contributed by atoms with van der Waals surface area (Å²) in [5, 5.41) is 13.4. The van der Waals surface area contributed by atoms with Gasteiger partial charge in [0.05, 0.1) is 45.9 Å². The maximum atomic E-state index is 14.4. The molecule has 1 spiro atoms.